The average molecular weight is 342 g/mol. The first-order valence-electron chi connectivity index (χ1n) is 8.88. The lowest BCUT2D eigenvalue weighted by molar-refractivity contribution is -0.125. The van der Waals surface area contributed by atoms with Crippen molar-refractivity contribution in [2.75, 3.05) is 7.05 Å². The number of allylic oxidation sites excluding steroid dienone is 4. The number of rotatable bonds is 3. The number of nitrogens with two attached hydrogens (primary N) is 1. The molecule has 0 aromatic carbocycles. The highest BCUT2D eigenvalue weighted by Crippen LogP contribution is 2.16. The van der Waals surface area contributed by atoms with E-state index in [1.165, 1.54) is 12.1 Å². The molecule has 0 aromatic heterocycles. The lowest BCUT2D eigenvalue weighted by atomic mass is 10.2. The molecule has 5 nitrogen and oxygen atoms in total. The van der Waals surface area contributed by atoms with E-state index in [9.17, 15) is 9.59 Å². The molecule has 142 valence electrons. The topological polar surface area (TPSA) is 75.4 Å². The van der Waals surface area contributed by atoms with Gasteiger partial charge in [-0.1, -0.05) is 66.7 Å². The molecule has 24 heavy (non-hydrogen) atoms. The molecule has 0 unspecified atom stereocenters. The van der Waals surface area contributed by atoms with Gasteiger partial charge < -0.3 is 5.73 Å². The minimum atomic E-state index is -0.337. The summed E-state index contributed by atoms with van der Waals surface area (Å²) in [7, 11) is 1.50. The van der Waals surface area contributed by atoms with Gasteiger partial charge in [-0.15, -0.1) is 0 Å². The van der Waals surface area contributed by atoms with E-state index in [4.69, 9.17) is 0 Å². The summed E-state index contributed by atoms with van der Waals surface area (Å²) in [5.74, 6) is -0.631. The Labute approximate surface area is 149 Å². The van der Waals surface area contributed by atoms with Crippen LogP contribution in [0.5, 0.6) is 0 Å². The molecule has 5 heteroatoms. The molecule has 0 aliphatic carbocycles. The van der Waals surface area contributed by atoms with Crippen LogP contribution in [0.3, 0.4) is 0 Å². The number of hydrogen-bond acceptors (Lipinski definition) is 3. The number of hydrogen-bond donors (Lipinski definition) is 2. The fraction of sp³-hybridized carbons (Fsp3) is 0.579. The van der Waals surface area contributed by atoms with Crippen LogP contribution < -0.4 is 11.2 Å². The van der Waals surface area contributed by atoms with Gasteiger partial charge in [0, 0.05) is 0 Å². The number of amides is 2. The van der Waals surface area contributed by atoms with E-state index in [0.717, 1.165) is 0 Å². The fourth-order valence-corrected chi connectivity index (χ4v) is 1.47. The lowest BCUT2D eigenvalue weighted by Gasteiger charge is -2.15. The van der Waals surface area contributed by atoms with Gasteiger partial charge in [0.15, 0.2) is 0 Å². The Morgan fingerprint density at radius 3 is 1.83 bits per heavy atom. The van der Waals surface area contributed by atoms with Gasteiger partial charge in [0.1, 0.15) is 5.57 Å². The number of hydrazine groups is 1. The highest BCUT2D eigenvalue weighted by molar-refractivity contribution is 6.23. The van der Waals surface area contributed by atoms with Crippen LogP contribution in [0.1, 0.15) is 68.7 Å². The van der Waals surface area contributed by atoms with Crippen LogP contribution in [0.15, 0.2) is 35.6 Å². The van der Waals surface area contributed by atoms with Crippen molar-refractivity contribution in [1.82, 2.24) is 10.4 Å². The van der Waals surface area contributed by atoms with Crippen LogP contribution in [0.2, 0.25) is 0 Å². The first kappa shape index (κ1) is 30.1. The Morgan fingerprint density at radius 1 is 1.04 bits per heavy atom. The molecule has 0 radical (unpaired) electrons. The second kappa shape index (κ2) is 23.4. The molecule has 2 amide bonds. The highest BCUT2D eigenvalue weighted by atomic mass is 16.2. The van der Waals surface area contributed by atoms with E-state index in [-0.39, 0.29) is 17.4 Å². The standard InChI is InChI=1S/C12H16N2O2.3C2H6.CH5N/c1-4-7-9(6-3)14-12(16)10(8-5-2)11(15)13-14;4*1-2/h4,6-8H,5H2,1-3H3,(H,13,15);3*1-2H3;2H2,1H3/b7-4-,9-6+,10-8+;;;;. The quantitative estimate of drug-likeness (QED) is 0.456. The molecule has 1 aliphatic rings. The van der Waals surface area contributed by atoms with Crippen LogP contribution in [0.4, 0.5) is 0 Å². The predicted molar refractivity (Wildman–Crippen MR) is 106 cm³/mol. The zero-order chi connectivity index (χ0) is 20.1. The van der Waals surface area contributed by atoms with Gasteiger partial charge in [0.2, 0.25) is 0 Å². The monoisotopic (exact) mass is 341 g/mol. The molecule has 1 heterocycles. The van der Waals surface area contributed by atoms with E-state index in [1.807, 2.05) is 68.4 Å². The summed E-state index contributed by atoms with van der Waals surface area (Å²) < 4.78 is 0. The molecule has 0 bridgehead atoms. The molecule has 0 aromatic rings. The van der Waals surface area contributed by atoms with Crippen molar-refractivity contribution in [1.29, 1.82) is 0 Å². The first-order chi connectivity index (χ1) is 11.7. The summed E-state index contributed by atoms with van der Waals surface area (Å²) in [4.78, 5) is 23.4. The number of carbonyl (C=O) groups excluding carboxylic acids is 2. The summed E-state index contributed by atoms with van der Waals surface area (Å²) in [5.41, 5.74) is 7.91. The van der Waals surface area contributed by atoms with Crippen LogP contribution in [0, 0.1) is 0 Å². The Hall–Kier alpha value is -1.88. The van der Waals surface area contributed by atoms with Gasteiger partial charge in [-0.3, -0.25) is 15.0 Å². The number of carbonyl (C=O) groups is 2. The van der Waals surface area contributed by atoms with Crippen LogP contribution >= 0.6 is 0 Å². The van der Waals surface area contributed by atoms with Gasteiger partial charge in [-0.25, -0.2) is 5.01 Å². The van der Waals surface area contributed by atoms with Gasteiger partial charge in [-0.2, -0.15) is 0 Å². The summed E-state index contributed by atoms with van der Waals surface area (Å²) in [6.45, 7) is 17.6. The van der Waals surface area contributed by atoms with Crippen molar-refractivity contribution >= 4 is 11.8 Å². The predicted octanol–water partition coefficient (Wildman–Crippen LogP) is 4.33. The van der Waals surface area contributed by atoms with Crippen LogP contribution in [-0.4, -0.2) is 23.9 Å². The van der Waals surface area contributed by atoms with Crippen molar-refractivity contribution in [2.45, 2.75) is 68.7 Å². The molecule has 1 aliphatic heterocycles. The minimum Gasteiger partial charge on any atom is -0.333 e. The second-order valence-corrected chi connectivity index (χ2v) is 3.32. The Bertz CT molecular complexity index is 397. The summed E-state index contributed by atoms with van der Waals surface area (Å²) in [6.07, 6.45) is 7.66. The maximum atomic E-state index is 11.9. The number of nitrogens with one attached hydrogen (secondary N) is 1. The van der Waals surface area contributed by atoms with Crippen molar-refractivity contribution in [2.24, 2.45) is 5.73 Å². The van der Waals surface area contributed by atoms with Gasteiger partial charge >= 0.3 is 0 Å². The largest absolute Gasteiger partial charge is 0.333 e. The molecule has 0 spiro atoms. The number of nitrogens with zero attached hydrogens (tertiary/aromatic N) is 1. The third kappa shape index (κ3) is 10.8. The van der Waals surface area contributed by atoms with Crippen molar-refractivity contribution in [3.8, 4) is 0 Å². The zero-order valence-electron chi connectivity index (χ0n) is 17.4. The average Bonchev–Trinajstić information content (AvgIpc) is 2.95. The summed E-state index contributed by atoms with van der Waals surface area (Å²) in [6, 6.07) is 0. The molecule has 3 N–H and O–H groups in total. The molecule has 1 fully saturated rings. The maximum absolute atomic E-state index is 11.9. The fourth-order valence-electron chi connectivity index (χ4n) is 1.47. The Kier molecular flexibility index (Phi) is 29.3. The maximum Gasteiger partial charge on any atom is 0.282 e. The Balaban J connectivity index is -0.000000218. The summed E-state index contributed by atoms with van der Waals surface area (Å²) in [5, 5.41) is 1.27. The SMILES string of the molecule is C/C=C\C(=C/C)N1NC(=O)/C(=C\CC)C1=O.CC.CC.CC.CN. The molecule has 1 rings (SSSR count). The second-order valence-electron chi connectivity index (χ2n) is 3.32. The molecule has 1 saturated heterocycles. The van der Waals surface area contributed by atoms with Gasteiger partial charge in [-0.05, 0) is 33.4 Å². The first-order valence-corrected chi connectivity index (χ1v) is 8.88. The van der Waals surface area contributed by atoms with E-state index in [1.54, 1.807) is 18.2 Å². The van der Waals surface area contributed by atoms with Crippen LogP contribution in [-0.2, 0) is 9.59 Å². The molecular weight excluding hydrogens is 302 g/mol. The smallest absolute Gasteiger partial charge is 0.282 e. The third-order valence-electron chi connectivity index (χ3n) is 2.19. The minimum absolute atomic E-state index is 0.214. The van der Waals surface area contributed by atoms with Crippen molar-refractivity contribution < 1.29 is 9.59 Å². The van der Waals surface area contributed by atoms with E-state index >= 15 is 0 Å². The van der Waals surface area contributed by atoms with Gasteiger partial charge in [0.25, 0.3) is 11.8 Å². The normalized spacial score (nSPS) is 14.4. The van der Waals surface area contributed by atoms with Crippen molar-refractivity contribution in [3.05, 3.63) is 35.6 Å². The van der Waals surface area contributed by atoms with E-state index in [0.29, 0.717) is 12.1 Å². The van der Waals surface area contributed by atoms with Gasteiger partial charge in [0.05, 0.1) is 5.70 Å². The molecule has 0 saturated carbocycles. The van der Waals surface area contributed by atoms with Crippen LogP contribution in [0.25, 0.3) is 0 Å². The van der Waals surface area contributed by atoms with E-state index < -0.39 is 0 Å². The van der Waals surface area contributed by atoms with Crippen molar-refractivity contribution in [3.63, 3.8) is 0 Å². The summed E-state index contributed by atoms with van der Waals surface area (Å²) >= 11 is 0. The van der Waals surface area contributed by atoms with E-state index in [2.05, 4.69) is 11.2 Å². The third-order valence-corrected chi connectivity index (χ3v) is 2.19. The highest BCUT2D eigenvalue weighted by Gasteiger charge is 2.34. The molecule has 0 atom stereocenters. The Morgan fingerprint density at radius 2 is 1.50 bits per heavy atom. The molecular formula is C19H39N3O2. The zero-order valence-corrected chi connectivity index (χ0v) is 17.4. The lowest BCUT2D eigenvalue weighted by Crippen LogP contribution is -2.34.